The predicted octanol–water partition coefficient (Wildman–Crippen LogP) is 4.13. The van der Waals surface area contributed by atoms with Crippen LogP contribution in [0.1, 0.15) is 5.56 Å². The van der Waals surface area contributed by atoms with Gasteiger partial charge in [-0.15, -0.1) is 0 Å². The van der Waals surface area contributed by atoms with Crippen molar-refractivity contribution >= 4 is 33.6 Å². The van der Waals surface area contributed by atoms with Crippen LogP contribution in [0.4, 0.5) is 5.69 Å². The molecule has 0 radical (unpaired) electrons. The zero-order valence-electron chi connectivity index (χ0n) is 13.6. The number of benzene rings is 2. The van der Waals surface area contributed by atoms with Gasteiger partial charge in [-0.2, -0.15) is 0 Å². The Bertz CT molecular complexity index is 759. The standard InChI is InChI=1S/C18H18BrNO4/c1-22-14-6-8-17(24-3)15(11-14)20-18(21)9-4-12-10-13(19)5-7-16(12)23-2/h4-11H,1-3H3,(H,20,21)/b9-4+. The molecule has 0 aliphatic rings. The van der Waals surface area contributed by atoms with Crippen molar-refractivity contribution in [3.05, 3.63) is 52.5 Å². The molecule has 0 unspecified atom stereocenters. The van der Waals surface area contributed by atoms with Gasteiger partial charge in [-0.25, -0.2) is 0 Å². The lowest BCUT2D eigenvalue weighted by Crippen LogP contribution is -2.09. The van der Waals surface area contributed by atoms with Crippen LogP contribution < -0.4 is 19.5 Å². The van der Waals surface area contributed by atoms with Gasteiger partial charge in [0.1, 0.15) is 17.2 Å². The average Bonchev–Trinajstić information content (AvgIpc) is 2.60. The molecule has 0 spiro atoms. The van der Waals surface area contributed by atoms with Crippen molar-refractivity contribution in [1.29, 1.82) is 0 Å². The van der Waals surface area contributed by atoms with Crippen molar-refractivity contribution < 1.29 is 19.0 Å². The Kier molecular flexibility index (Phi) is 6.26. The molecule has 0 saturated heterocycles. The van der Waals surface area contributed by atoms with Crippen LogP contribution in [0, 0.1) is 0 Å². The minimum Gasteiger partial charge on any atom is -0.497 e. The van der Waals surface area contributed by atoms with Crippen molar-refractivity contribution in [2.24, 2.45) is 0 Å². The summed E-state index contributed by atoms with van der Waals surface area (Å²) < 4.78 is 16.6. The number of carbonyl (C=O) groups excluding carboxylic acids is 1. The van der Waals surface area contributed by atoms with E-state index in [1.807, 2.05) is 18.2 Å². The molecule has 1 N–H and O–H groups in total. The van der Waals surface area contributed by atoms with Crippen molar-refractivity contribution in [3.8, 4) is 17.2 Å². The maximum Gasteiger partial charge on any atom is 0.248 e. The first-order valence-corrected chi connectivity index (χ1v) is 7.91. The number of anilines is 1. The molecular weight excluding hydrogens is 374 g/mol. The molecular formula is C18H18BrNO4. The number of nitrogens with one attached hydrogen (secondary N) is 1. The molecule has 0 heterocycles. The summed E-state index contributed by atoms with van der Waals surface area (Å²) in [7, 11) is 4.69. The first-order valence-electron chi connectivity index (χ1n) is 7.12. The van der Waals surface area contributed by atoms with E-state index < -0.39 is 0 Å². The largest absolute Gasteiger partial charge is 0.497 e. The predicted molar refractivity (Wildman–Crippen MR) is 97.9 cm³/mol. The number of hydrogen-bond donors (Lipinski definition) is 1. The normalized spacial score (nSPS) is 10.5. The molecule has 0 aromatic heterocycles. The van der Waals surface area contributed by atoms with E-state index in [-0.39, 0.29) is 5.91 Å². The van der Waals surface area contributed by atoms with Crippen LogP contribution in [-0.4, -0.2) is 27.2 Å². The summed E-state index contributed by atoms with van der Waals surface area (Å²) in [6.45, 7) is 0. The van der Waals surface area contributed by atoms with Gasteiger partial charge in [-0.1, -0.05) is 15.9 Å². The van der Waals surface area contributed by atoms with Crippen LogP contribution in [0.15, 0.2) is 46.9 Å². The van der Waals surface area contributed by atoms with Gasteiger partial charge in [0.2, 0.25) is 5.91 Å². The number of halogens is 1. The molecule has 0 atom stereocenters. The molecule has 2 aromatic carbocycles. The molecule has 126 valence electrons. The number of amides is 1. The second kappa shape index (κ2) is 8.40. The first kappa shape index (κ1) is 17.9. The summed E-state index contributed by atoms with van der Waals surface area (Å²) in [5.41, 5.74) is 1.33. The highest BCUT2D eigenvalue weighted by molar-refractivity contribution is 9.10. The van der Waals surface area contributed by atoms with E-state index in [0.29, 0.717) is 22.9 Å². The number of rotatable bonds is 6. The Morgan fingerprint density at radius 2 is 1.71 bits per heavy atom. The van der Waals surface area contributed by atoms with Crippen LogP contribution in [0.25, 0.3) is 6.08 Å². The van der Waals surface area contributed by atoms with E-state index in [2.05, 4.69) is 21.2 Å². The fourth-order valence-corrected chi connectivity index (χ4v) is 2.47. The summed E-state index contributed by atoms with van der Waals surface area (Å²) in [4.78, 5) is 12.2. The number of ether oxygens (including phenoxy) is 3. The maximum atomic E-state index is 12.2. The third kappa shape index (κ3) is 4.52. The van der Waals surface area contributed by atoms with Gasteiger partial charge in [0, 0.05) is 22.2 Å². The monoisotopic (exact) mass is 391 g/mol. The lowest BCUT2D eigenvalue weighted by Gasteiger charge is -2.10. The molecule has 24 heavy (non-hydrogen) atoms. The minimum atomic E-state index is -0.288. The van der Waals surface area contributed by atoms with Gasteiger partial charge in [0.25, 0.3) is 0 Å². The third-order valence-electron chi connectivity index (χ3n) is 3.27. The first-order chi connectivity index (χ1) is 11.6. The van der Waals surface area contributed by atoms with Gasteiger partial charge in [0.05, 0.1) is 27.0 Å². The van der Waals surface area contributed by atoms with Crippen LogP contribution in [0.5, 0.6) is 17.2 Å². The molecule has 5 nitrogen and oxygen atoms in total. The van der Waals surface area contributed by atoms with E-state index in [0.717, 1.165) is 10.0 Å². The molecule has 0 saturated carbocycles. The summed E-state index contributed by atoms with van der Waals surface area (Å²) in [6, 6.07) is 10.8. The minimum absolute atomic E-state index is 0.288. The van der Waals surface area contributed by atoms with Crippen molar-refractivity contribution in [2.75, 3.05) is 26.6 Å². The van der Waals surface area contributed by atoms with Crippen LogP contribution in [0.2, 0.25) is 0 Å². The van der Waals surface area contributed by atoms with Gasteiger partial charge in [0.15, 0.2) is 0 Å². The Hall–Kier alpha value is -2.47. The number of carbonyl (C=O) groups is 1. The molecule has 6 heteroatoms. The molecule has 2 aromatic rings. The van der Waals surface area contributed by atoms with Crippen molar-refractivity contribution in [2.45, 2.75) is 0 Å². The third-order valence-corrected chi connectivity index (χ3v) is 3.76. The van der Waals surface area contributed by atoms with Gasteiger partial charge in [-0.05, 0) is 36.4 Å². The molecule has 0 aliphatic carbocycles. The van der Waals surface area contributed by atoms with E-state index in [1.54, 1.807) is 45.6 Å². The zero-order chi connectivity index (χ0) is 17.5. The average molecular weight is 392 g/mol. The van der Waals surface area contributed by atoms with Crippen LogP contribution >= 0.6 is 15.9 Å². The van der Waals surface area contributed by atoms with Gasteiger partial charge in [-0.3, -0.25) is 4.79 Å². The number of methoxy groups -OCH3 is 3. The fourth-order valence-electron chi connectivity index (χ4n) is 2.09. The topological polar surface area (TPSA) is 56.8 Å². The van der Waals surface area contributed by atoms with Crippen molar-refractivity contribution in [1.82, 2.24) is 0 Å². The highest BCUT2D eigenvalue weighted by atomic mass is 79.9. The van der Waals surface area contributed by atoms with Crippen LogP contribution in [0.3, 0.4) is 0 Å². The van der Waals surface area contributed by atoms with Gasteiger partial charge < -0.3 is 19.5 Å². The van der Waals surface area contributed by atoms with E-state index >= 15 is 0 Å². The van der Waals surface area contributed by atoms with Crippen LogP contribution in [-0.2, 0) is 4.79 Å². The second-order valence-corrected chi connectivity index (χ2v) is 5.69. The molecule has 0 aliphatic heterocycles. The zero-order valence-corrected chi connectivity index (χ0v) is 15.2. The van der Waals surface area contributed by atoms with Crippen molar-refractivity contribution in [3.63, 3.8) is 0 Å². The summed E-state index contributed by atoms with van der Waals surface area (Å²) in [6.07, 6.45) is 3.12. The van der Waals surface area contributed by atoms with E-state index in [4.69, 9.17) is 14.2 Å². The molecule has 2 rings (SSSR count). The summed E-state index contributed by atoms with van der Waals surface area (Å²) in [5, 5.41) is 2.78. The quantitative estimate of drug-likeness (QED) is 0.752. The Morgan fingerprint density at radius 1 is 1.00 bits per heavy atom. The van der Waals surface area contributed by atoms with E-state index in [9.17, 15) is 4.79 Å². The smallest absolute Gasteiger partial charge is 0.248 e. The highest BCUT2D eigenvalue weighted by Crippen LogP contribution is 2.29. The molecule has 1 amide bonds. The Balaban J connectivity index is 2.18. The lowest BCUT2D eigenvalue weighted by atomic mass is 10.2. The maximum absolute atomic E-state index is 12.2. The van der Waals surface area contributed by atoms with E-state index in [1.165, 1.54) is 6.08 Å². The second-order valence-electron chi connectivity index (χ2n) is 4.78. The SMILES string of the molecule is COc1ccc(OC)c(NC(=O)/C=C/c2cc(Br)ccc2OC)c1. The van der Waals surface area contributed by atoms with Gasteiger partial charge >= 0.3 is 0 Å². The fraction of sp³-hybridized carbons (Fsp3) is 0.167. The molecule has 0 fully saturated rings. The summed E-state index contributed by atoms with van der Waals surface area (Å²) >= 11 is 3.40. The lowest BCUT2D eigenvalue weighted by molar-refractivity contribution is -0.111. The summed E-state index contributed by atoms with van der Waals surface area (Å²) in [5.74, 6) is 1.58. The molecule has 0 bridgehead atoms. The highest BCUT2D eigenvalue weighted by Gasteiger charge is 2.08. The number of hydrogen-bond acceptors (Lipinski definition) is 4. The Labute approximate surface area is 149 Å². The Morgan fingerprint density at radius 3 is 2.38 bits per heavy atom.